The zero-order valence-corrected chi connectivity index (χ0v) is 61.9. The molecule has 1 saturated heterocycles. The van der Waals surface area contributed by atoms with Gasteiger partial charge in [-0.05, 0) is 147 Å². The Morgan fingerprint density at radius 3 is 1.11 bits per heavy atom. The molecule has 29 heteroatoms. The lowest BCUT2D eigenvalue weighted by atomic mass is 9.88. The summed E-state index contributed by atoms with van der Waals surface area (Å²) in [7, 11) is 0. The first-order chi connectivity index (χ1) is 43.9. The highest BCUT2D eigenvalue weighted by atomic mass is 35.5. The van der Waals surface area contributed by atoms with Crippen LogP contribution in [0.4, 0.5) is 0 Å². The Bertz CT molecular complexity index is 3580. The molecule has 1 aromatic heterocycles. The fourth-order valence-corrected chi connectivity index (χ4v) is 14.2. The molecule has 12 N–H and O–H groups in total. The molecular weight excluding hydrogens is 1490 g/mol. The minimum absolute atomic E-state index is 0. The summed E-state index contributed by atoms with van der Waals surface area (Å²) >= 11 is 79.0. The van der Waals surface area contributed by atoms with Crippen molar-refractivity contribution < 1.29 is 25.5 Å². The highest BCUT2D eigenvalue weighted by molar-refractivity contribution is 7.80. The van der Waals surface area contributed by atoms with Crippen LogP contribution >= 0.6 is 164 Å². The molecule has 6 aliphatic rings. The minimum atomic E-state index is -1.13. The summed E-state index contributed by atoms with van der Waals surface area (Å²) in [5.74, 6) is 5.46. The summed E-state index contributed by atoms with van der Waals surface area (Å²) in [6.07, 6.45) is 11.4. The van der Waals surface area contributed by atoms with Crippen LogP contribution in [0.3, 0.4) is 0 Å². The van der Waals surface area contributed by atoms with E-state index in [1.54, 1.807) is 21.8 Å². The van der Waals surface area contributed by atoms with Crippen molar-refractivity contribution in [3.8, 4) is 0 Å². The van der Waals surface area contributed by atoms with Gasteiger partial charge in [0, 0.05) is 70.5 Å². The van der Waals surface area contributed by atoms with Crippen LogP contribution in [0.1, 0.15) is 92.0 Å². The Labute approximate surface area is 621 Å². The minimum Gasteiger partial charge on any atom is -0.386 e. The number of nitrogens with two attached hydrogens (primary N) is 1. The second kappa shape index (κ2) is 33.1. The normalized spacial score (nSPS) is 20.6. The molecule has 0 amide bonds. The van der Waals surface area contributed by atoms with E-state index in [-0.39, 0.29) is 37.9 Å². The highest BCUT2D eigenvalue weighted by Gasteiger charge is 2.61. The quantitative estimate of drug-likeness (QED) is 0.00844. The van der Waals surface area contributed by atoms with E-state index in [9.17, 15) is 25.5 Å². The van der Waals surface area contributed by atoms with Gasteiger partial charge < -0.3 is 36.3 Å². The van der Waals surface area contributed by atoms with Crippen LogP contribution in [0.15, 0.2) is 133 Å². The number of alkyl halides is 6. The highest BCUT2D eigenvalue weighted by Crippen LogP contribution is 2.56. The van der Waals surface area contributed by atoms with E-state index in [1.165, 1.54) is 6.33 Å². The predicted octanol–water partition coefficient (Wildman–Crippen LogP) is 13.9. The Kier molecular flexibility index (Phi) is 27.8. The smallest absolute Gasteiger partial charge is 0.215 e. The van der Waals surface area contributed by atoms with E-state index in [0.29, 0.717) is 80.3 Å². The monoisotopic (exact) mass is 1560 g/mol. The van der Waals surface area contributed by atoms with Gasteiger partial charge in [-0.15, -0.1) is 82.0 Å². The molecule has 94 heavy (non-hydrogen) atoms. The molecule has 1 aliphatic heterocycles. The number of benzene rings is 5. The number of hydrazine groups is 2. The summed E-state index contributed by atoms with van der Waals surface area (Å²) < 4.78 is 2.03. The van der Waals surface area contributed by atoms with E-state index in [0.717, 1.165) is 92.0 Å². The van der Waals surface area contributed by atoms with Gasteiger partial charge in [-0.3, -0.25) is 26.1 Å². The number of β-amino-alcohol motifs (C(OH)–C–C–N with tert-alkyl or cyclic N) is 1. The number of H-pyrrole nitrogens is 1. The van der Waals surface area contributed by atoms with Crippen molar-refractivity contribution in [1.82, 2.24) is 41.4 Å². The van der Waals surface area contributed by atoms with Crippen molar-refractivity contribution in [2.24, 2.45) is 10.9 Å². The van der Waals surface area contributed by atoms with E-state index in [1.807, 2.05) is 109 Å². The summed E-state index contributed by atoms with van der Waals surface area (Å²) in [6, 6.07) is 37.4. The average molecular weight is 1570 g/mol. The van der Waals surface area contributed by atoms with E-state index < -0.39 is 52.4 Å². The summed E-state index contributed by atoms with van der Waals surface area (Å²) in [4.78, 5) is 1.02. The van der Waals surface area contributed by atoms with Crippen molar-refractivity contribution in [3.05, 3.63) is 185 Å². The van der Waals surface area contributed by atoms with Gasteiger partial charge in [0.1, 0.15) is 34.3 Å². The predicted molar refractivity (Wildman–Crippen MR) is 395 cm³/mol. The number of nitrogens with one attached hydrogen (secondary N) is 5. The number of hydrogen-bond donors (Lipinski definition) is 11. The molecule has 15 nitrogen and oxygen atoms in total. The first kappa shape index (κ1) is 79.1. The summed E-state index contributed by atoms with van der Waals surface area (Å²) in [6.45, 7) is 5.03. The fourth-order valence-electron chi connectivity index (χ4n) is 11.2. The molecule has 6 aromatic rings. The largest absolute Gasteiger partial charge is 0.386 e. The second-order valence-electron chi connectivity index (χ2n) is 25.0. The topological polar surface area (TPSA) is 224 Å². The van der Waals surface area contributed by atoms with Crippen LogP contribution in [0, 0.1) is 4.77 Å². The van der Waals surface area contributed by atoms with Crippen molar-refractivity contribution in [2.45, 2.75) is 155 Å². The van der Waals surface area contributed by atoms with Gasteiger partial charge in [-0.2, -0.15) is 5.10 Å². The number of nitrogens with zero attached hydrogens (tertiary/aromatic N) is 4. The van der Waals surface area contributed by atoms with Crippen molar-refractivity contribution in [1.29, 1.82) is 0 Å². The molecule has 5 aliphatic carbocycles. The van der Waals surface area contributed by atoms with Gasteiger partial charge in [-0.25, -0.2) is 10.4 Å². The Morgan fingerprint density at radius 1 is 0.511 bits per heavy atom. The number of aromatic nitrogens is 3. The SMILES string of the molecule is C=NNCC(O)(Cc1ccccc1Cl)C1(Cl)CC1.Cl.NNCC(O)(Cc1ccccc1Cl)C1(Cl)CC1.OC(CCl)(Cc1ccccc1Cl)C1(Cl)CC1.OC(Cc1ccccc1Cl)(CN1NCNC1=S)C1(Cl)CC1.OC(Cc1ccccc1Cl)(Cn1[nH]cnc1=S)C1(Cl)CC1. The third kappa shape index (κ3) is 19.6. The Balaban J connectivity index is 0.000000166. The molecule has 5 saturated carbocycles. The Hall–Kier alpha value is -2.22. The van der Waals surface area contributed by atoms with Crippen molar-refractivity contribution in [2.75, 3.05) is 32.2 Å². The molecule has 5 aromatic carbocycles. The lowest BCUT2D eigenvalue weighted by Crippen LogP contribution is -2.55. The molecule has 5 unspecified atom stereocenters. The van der Waals surface area contributed by atoms with Crippen LogP contribution in [0.5, 0.6) is 0 Å². The van der Waals surface area contributed by atoms with E-state index >= 15 is 0 Å². The number of hydrazone groups is 1. The molecule has 0 bridgehead atoms. The van der Waals surface area contributed by atoms with Crippen LogP contribution in [0.2, 0.25) is 25.1 Å². The standard InChI is InChI=1S/C14H17Cl2N3OS.C14H15Cl2N3OS.C13H16Cl2N2O.C12H13Cl3O.C12H16Cl2N2O.ClH/c2*15-11-4-2-1-3-10(11)7-14(20,13(16)5-6-13)8-19-12(21)17-9-18-19;1-16-17-9-13(18,12(15)6-7-12)8-10-4-2-3-5-11(10)14;13-8-12(16,11(15)5-6-11)7-9-3-1-2-4-10(9)14;13-10-4-2-1-3-9(10)7-12(17,8-16-15)11(14)5-6-11;/h1-4,18,20H,5-9H2,(H,17,21);1-4,9,20H,5-8H2,(H,17,18,21);2-5,17-18H,1,6-9H2;1-4,16H,5-8H2;1-4,16-17H,5-8,15H2;1H. The Morgan fingerprint density at radius 2 is 0.819 bits per heavy atom. The second-order valence-corrected chi connectivity index (χ2v) is 31.7. The number of hydrogen-bond acceptors (Lipinski definition) is 13. The fraction of sp³-hybridized carbons (Fsp3) is 0.477. The molecule has 12 rings (SSSR count). The van der Waals surface area contributed by atoms with Crippen LogP contribution < -0.4 is 27.4 Å². The molecule has 6 fully saturated rings. The third-order valence-electron chi connectivity index (χ3n) is 18.1. The van der Waals surface area contributed by atoms with Gasteiger partial charge in [0.15, 0.2) is 5.11 Å². The van der Waals surface area contributed by atoms with Gasteiger partial charge in [-0.1, -0.05) is 149 Å². The van der Waals surface area contributed by atoms with Crippen molar-refractivity contribution >= 4 is 176 Å². The van der Waals surface area contributed by atoms with E-state index in [2.05, 4.69) is 43.5 Å². The lowest BCUT2D eigenvalue weighted by Gasteiger charge is -2.36. The number of thiocarbonyl (C=S) groups is 1. The molecular formula is C65H78Cl12N10O5S2. The molecule has 0 spiro atoms. The maximum Gasteiger partial charge on any atom is 0.215 e. The van der Waals surface area contributed by atoms with Gasteiger partial charge >= 0.3 is 0 Å². The van der Waals surface area contributed by atoms with Crippen LogP contribution in [-0.2, 0) is 38.6 Å². The first-order valence-electron chi connectivity index (χ1n) is 30.2. The van der Waals surface area contributed by atoms with Gasteiger partial charge in [0.05, 0.1) is 56.6 Å². The maximum absolute atomic E-state index is 11.2. The van der Waals surface area contributed by atoms with Crippen LogP contribution in [-0.4, -0.2) is 142 Å². The zero-order chi connectivity index (χ0) is 67.7. The number of aliphatic hydroxyl groups is 5. The number of halogens is 12. The van der Waals surface area contributed by atoms with E-state index in [4.69, 9.17) is 158 Å². The average Bonchev–Trinajstić information content (AvgIpc) is 1.64. The summed E-state index contributed by atoms with van der Waals surface area (Å²) in [5.41, 5.74) is 7.33. The molecule has 2 heterocycles. The van der Waals surface area contributed by atoms with Gasteiger partial charge in [0.2, 0.25) is 4.77 Å². The number of rotatable bonds is 25. The van der Waals surface area contributed by atoms with Gasteiger partial charge in [0.25, 0.3) is 0 Å². The zero-order valence-electron chi connectivity index (χ0n) is 51.2. The third-order valence-corrected chi connectivity index (χ3v) is 24.8. The van der Waals surface area contributed by atoms with Crippen molar-refractivity contribution in [3.63, 3.8) is 0 Å². The number of aromatic amines is 1. The van der Waals surface area contributed by atoms with Crippen LogP contribution in [0.25, 0.3) is 0 Å². The first-order valence-corrected chi connectivity index (χ1v) is 35.3. The molecule has 514 valence electrons. The molecule has 5 atom stereocenters. The molecule has 0 radical (unpaired) electrons. The summed E-state index contributed by atoms with van der Waals surface area (Å²) in [5, 5.41) is 69.3. The maximum atomic E-state index is 11.2. The lowest BCUT2D eigenvalue weighted by molar-refractivity contribution is 0.00277.